The Morgan fingerprint density at radius 1 is 1.40 bits per heavy atom. The van der Waals surface area contributed by atoms with E-state index in [2.05, 4.69) is 0 Å². The highest BCUT2D eigenvalue weighted by molar-refractivity contribution is 8.23. The van der Waals surface area contributed by atoms with Crippen molar-refractivity contribution in [2.45, 2.75) is 11.4 Å². The number of aliphatic carboxylic acids is 1. The molecule has 1 aromatic carbocycles. The van der Waals surface area contributed by atoms with E-state index in [0.29, 0.717) is 4.38 Å². The summed E-state index contributed by atoms with van der Waals surface area (Å²) in [4.78, 5) is 10.9. The highest BCUT2D eigenvalue weighted by Crippen LogP contribution is 2.41. The minimum atomic E-state index is -0.976. The summed E-state index contributed by atoms with van der Waals surface area (Å²) in [6.07, 6.45) is -0.870. The van der Waals surface area contributed by atoms with Crippen LogP contribution in [0.2, 0.25) is 0 Å². The molecule has 0 amide bonds. The number of rotatable bonds is 2. The Labute approximate surface area is 96.4 Å². The van der Waals surface area contributed by atoms with Crippen molar-refractivity contribution >= 4 is 34.3 Å². The van der Waals surface area contributed by atoms with Gasteiger partial charge in [-0.1, -0.05) is 42.1 Å². The average molecular weight is 240 g/mol. The van der Waals surface area contributed by atoms with Crippen molar-refractivity contribution in [3.8, 4) is 0 Å². The standard InChI is InChI=1S/C10H8O3S2/c11-9(12)7-8(15-10(14)13-7)6-4-2-1-3-5-6/h1-5,7-8H,(H,11,12). The summed E-state index contributed by atoms with van der Waals surface area (Å²) in [5, 5.41) is 8.73. The van der Waals surface area contributed by atoms with E-state index in [1.807, 2.05) is 30.3 Å². The van der Waals surface area contributed by atoms with Gasteiger partial charge in [0, 0.05) is 0 Å². The number of hydrogen-bond donors (Lipinski definition) is 1. The van der Waals surface area contributed by atoms with Crippen LogP contribution in [0.25, 0.3) is 0 Å². The molecule has 1 saturated heterocycles. The third kappa shape index (κ3) is 2.13. The van der Waals surface area contributed by atoms with Crippen LogP contribution < -0.4 is 0 Å². The third-order valence-corrected chi connectivity index (χ3v) is 3.54. The molecule has 0 saturated carbocycles. The van der Waals surface area contributed by atoms with Crippen LogP contribution in [0.5, 0.6) is 0 Å². The van der Waals surface area contributed by atoms with Crippen molar-refractivity contribution in [3.05, 3.63) is 35.9 Å². The number of thioether (sulfide) groups is 1. The van der Waals surface area contributed by atoms with Gasteiger partial charge in [-0.15, -0.1) is 0 Å². The molecule has 1 aliphatic rings. The zero-order valence-electron chi connectivity index (χ0n) is 7.62. The Hall–Kier alpha value is -1.07. The minimum Gasteiger partial charge on any atom is -0.478 e. The Kier molecular flexibility index (Phi) is 2.93. The van der Waals surface area contributed by atoms with Crippen molar-refractivity contribution < 1.29 is 14.6 Å². The quantitative estimate of drug-likeness (QED) is 0.803. The van der Waals surface area contributed by atoms with E-state index < -0.39 is 12.1 Å². The van der Waals surface area contributed by atoms with Crippen molar-refractivity contribution in [1.82, 2.24) is 0 Å². The van der Waals surface area contributed by atoms with Crippen LogP contribution in [0, 0.1) is 0 Å². The normalized spacial score (nSPS) is 24.9. The predicted molar refractivity (Wildman–Crippen MR) is 61.9 cm³/mol. The van der Waals surface area contributed by atoms with Gasteiger partial charge in [-0.25, -0.2) is 4.79 Å². The Bertz CT molecular complexity index is 391. The van der Waals surface area contributed by atoms with Gasteiger partial charge >= 0.3 is 5.97 Å². The molecule has 78 valence electrons. The third-order valence-electron chi connectivity index (χ3n) is 2.09. The van der Waals surface area contributed by atoms with Gasteiger partial charge in [-0.3, -0.25) is 0 Å². The molecule has 1 aliphatic heterocycles. The second-order valence-corrected chi connectivity index (χ2v) is 4.82. The lowest BCUT2D eigenvalue weighted by Gasteiger charge is -2.12. The van der Waals surface area contributed by atoms with Gasteiger partial charge in [-0.05, 0) is 17.8 Å². The summed E-state index contributed by atoms with van der Waals surface area (Å²) in [6, 6.07) is 9.39. The fraction of sp³-hybridized carbons (Fsp3) is 0.200. The van der Waals surface area contributed by atoms with Crippen LogP contribution in [-0.2, 0) is 9.53 Å². The molecule has 1 aromatic rings. The first-order valence-corrected chi connectivity index (χ1v) is 5.62. The number of carboxylic acid groups (broad SMARTS) is 1. The number of benzene rings is 1. The fourth-order valence-electron chi connectivity index (χ4n) is 1.42. The maximum Gasteiger partial charge on any atom is 0.346 e. The van der Waals surface area contributed by atoms with E-state index in [9.17, 15) is 4.79 Å². The van der Waals surface area contributed by atoms with Crippen molar-refractivity contribution in [2.75, 3.05) is 0 Å². The van der Waals surface area contributed by atoms with E-state index in [1.54, 1.807) is 0 Å². The van der Waals surface area contributed by atoms with E-state index in [-0.39, 0.29) is 5.25 Å². The Morgan fingerprint density at radius 2 is 2.07 bits per heavy atom. The molecule has 5 heteroatoms. The van der Waals surface area contributed by atoms with E-state index in [1.165, 1.54) is 11.8 Å². The number of carboxylic acids is 1. The minimum absolute atomic E-state index is 0.240. The van der Waals surface area contributed by atoms with Crippen molar-refractivity contribution in [3.63, 3.8) is 0 Å². The lowest BCUT2D eigenvalue weighted by molar-refractivity contribution is -0.145. The van der Waals surface area contributed by atoms with E-state index >= 15 is 0 Å². The molecular weight excluding hydrogens is 232 g/mol. The van der Waals surface area contributed by atoms with Gasteiger partial charge < -0.3 is 9.84 Å². The molecule has 3 nitrogen and oxygen atoms in total. The SMILES string of the molecule is O=C(O)C1OC(=S)SC1c1ccccc1. The lowest BCUT2D eigenvalue weighted by Crippen LogP contribution is -2.24. The van der Waals surface area contributed by atoms with Crippen LogP contribution in [0.4, 0.5) is 0 Å². The summed E-state index contributed by atoms with van der Waals surface area (Å²) < 4.78 is 5.39. The summed E-state index contributed by atoms with van der Waals surface area (Å²) >= 11 is 6.15. The van der Waals surface area contributed by atoms with Crippen LogP contribution >= 0.6 is 24.0 Å². The summed E-state index contributed by atoms with van der Waals surface area (Å²) in [7, 11) is 0. The van der Waals surface area contributed by atoms with Gasteiger partial charge in [0.05, 0.1) is 5.25 Å². The highest BCUT2D eigenvalue weighted by atomic mass is 32.2. The second kappa shape index (κ2) is 4.20. The first kappa shape index (κ1) is 10.4. The monoisotopic (exact) mass is 240 g/mol. The summed E-state index contributed by atoms with van der Waals surface area (Å²) in [5.41, 5.74) is 0.926. The fourth-order valence-corrected chi connectivity index (χ4v) is 2.79. The van der Waals surface area contributed by atoms with Gasteiger partial charge in [0.25, 0.3) is 0 Å². The molecule has 1 N–H and O–H groups in total. The van der Waals surface area contributed by atoms with E-state index in [0.717, 1.165) is 5.56 Å². The maximum atomic E-state index is 10.9. The van der Waals surface area contributed by atoms with Gasteiger partial charge in [0.2, 0.25) is 10.5 Å². The number of ether oxygens (including phenoxy) is 1. The van der Waals surface area contributed by atoms with Gasteiger partial charge in [0.1, 0.15) is 0 Å². The van der Waals surface area contributed by atoms with Gasteiger partial charge in [-0.2, -0.15) is 0 Å². The first-order chi connectivity index (χ1) is 7.18. The largest absolute Gasteiger partial charge is 0.478 e. The number of thiocarbonyl (C=S) groups is 1. The molecule has 0 spiro atoms. The van der Waals surface area contributed by atoms with Gasteiger partial charge in [0.15, 0.2) is 0 Å². The molecule has 0 radical (unpaired) electrons. The van der Waals surface area contributed by atoms with Crippen molar-refractivity contribution in [1.29, 1.82) is 0 Å². The molecule has 1 fully saturated rings. The van der Waals surface area contributed by atoms with Crippen LogP contribution in [0.3, 0.4) is 0 Å². The summed E-state index contributed by atoms with van der Waals surface area (Å²) in [5.74, 6) is -0.976. The van der Waals surface area contributed by atoms with E-state index in [4.69, 9.17) is 22.1 Å². The second-order valence-electron chi connectivity index (χ2n) is 3.08. The van der Waals surface area contributed by atoms with Crippen molar-refractivity contribution in [2.24, 2.45) is 0 Å². The van der Waals surface area contributed by atoms with Crippen LogP contribution in [-0.4, -0.2) is 21.6 Å². The summed E-state index contributed by atoms with van der Waals surface area (Å²) in [6.45, 7) is 0. The lowest BCUT2D eigenvalue weighted by atomic mass is 10.1. The molecule has 0 bridgehead atoms. The van der Waals surface area contributed by atoms with Crippen LogP contribution in [0.1, 0.15) is 10.8 Å². The smallest absolute Gasteiger partial charge is 0.346 e. The molecule has 0 aliphatic carbocycles. The predicted octanol–water partition coefficient (Wildman–Crippen LogP) is 2.23. The number of carbonyl (C=O) groups is 1. The molecule has 0 aromatic heterocycles. The molecule has 1 heterocycles. The Morgan fingerprint density at radius 3 is 2.67 bits per heavy atom. The maximum absolute atomic E-state index is 10.9. The highest BCUT2D eigenvalue weighted by Gasteiger charge is 2.39. The van der Waals surface area contributed by atoms with Crippen LogP contribution in [0.15, 0.2) is 30.3 Å². The molecular formula is C10H8O3S2. The molecule has 2 unspecified atom stereocenters. The molecule has 15 heavy (non-hydrogen) atoms. The zero-order chi connectivity index (χ0) is 10.8. The average Bonchev–Trinajstić information content (AvgIpc) is 2.62. The molecule has 2 rings (SSSR count). The molecule has 2 atom stereocenters. The first-order valence-electron chi connectivity index (χ1n) is 4.33. The topological polar surface area (TPSA) is 46.5 Å². The zero-order valence-corrected chi connectivity index (χ0v) is 9.25. The number of hydrogen-bond acceptors (Lipinski definition) is 4. The Balaban J connectivity index is 2.28.